The van der Waals surface area contributed by atoms with Crippen LogP contribution in [0.25, 0.3) is 0 Å². The van der Waals surface area contributed by atoms with Crippen molar-refractivity contribution in [3.05, 3.63) is 0 Å². The van der Waals surface area contributed by atoms with Crippen LogP contribution < -0.4 is 5.73 Å². The summed E-state index contributed by atoms with van der Waals surface area (Å²) in [5, 5.41) is 0. The van der Waals surface area contributed by atoms with Crippen molar-refractivity contribution >= 4 is 50.7 Å². The molecule has 4 nitrogen and oxygen atoms in total. The number of hydrogen-bond donors (Lipinski definition) is 1. The number of nitrogens with two attached hydrogens (primary N) is 1. The van der Waals surface area contributed by atoms with Crippen LogP contribution in [0.2, 0.25) is 0 Å². The number of halogens is 3. The lowest BCUT2D eigenvalue weighted by Gasteiger charge is -2.07. The van der Waals surface area contributed by atoms with Crippen LogP contribution in [-0.2, 0) is 10.0 Å². The van der Waals surface area contributed by atoms with Crippen molar-refractivity contribution in [1.29, 1.82) is 0 Å². The van der Waals surface area contributed by atoms with Gasteiger partial charge in [-0.15, -0.1) is 4.40 Å². The fraction of sp³-hybridized carbons (Fsp3) is 0.667. The van der Waals surface area contributed by atoms with Crippen LogP contribution >= 0.6 is 34.8 Å². The van der Waals surface area contributed by atoms with Crippen molar-refractivity contribution in [1.82, 2.24) is 0 Å². The molecule has 0 aromatic rings. The van der Waals surface area contributed by atoms with E-state index in [0.717, 1.165) is 6.26 Å². The predicted octanol–water partition coefficient (Wildman–Crippen LogP) is 0.673. The standard InChI is InChI=1S/C3H5Cl3N2O2S/c1-11(9,10)8-2(7)3(4,5)6/h1H3,(H2,7,8). The molecule has 0 fully saturated rings. The van der Waals surface area contributed by atoms with Gasteiger partial charge in [-0.05, 0) is 0 Å². The Morgan fingerprint density at radius 1 is 1.45 bits per heavy atom. The summed E-state index contributed by atoms with van der Waals surface area (Å²) in [7, 11) is -3.60. The SMILES string of the molecule is CS(=O)(=O)N=C(N)C(Cl)(Cl)Cl. The molecule has 0 bridgehead atoms. The number of rotatable bonds is 1. The molecule has 0 unspecified atom stereocenters. The maximum atomic E-state index is 10.4. The lowest BCUT2D eigenvalue weighted by Crippen LogP contribution is -2.29. The van der Waals surface area contributed by atoms with Gasteiger partial charge in [0.2, 0.25) is 3.79 Å². The van der Waals surface area contributed by atoms with Gasteiger partial charge in [0.15, 0.2) is 5.84 Å². The number of nitrogens with zero attached hydrogens (tertiary/aromatic N) is 1. The summed E-state index contributed by atoms with van der Waals surface area (Å²) >= 11 is 15.6. The van der Waals surface area contributed by atoms with Gasteiger partial charge in [0, 0.05) is 0 Å². The highest BCUT2D eigenvalue weighted by molar-refractivity contribution is 7.89. The van der Waals surface area contributed by atoms with Crippen molar-refractivity contribution in [2.75, 3.05) is 6.26 Å². The molecular weight excluding hydrogens is 234 g/mol. The van der Waals surface area contributed by atoms with E-state index in [4.69, 9.17) is 40.5 Å². The van der Waals surface area contributed by atoms with E-state index in [-0.39, 0.29) is 0 Å². The molecule has 66 valence electrons. The van der Waals surface area contributed by atoms with Crippen molar-refractivity contribution < 1.29 is 8.42 Å². The molecule has 0 rings (SSSR count). The van der Waals surface area contributed by atoms with Crippen LogP contribution in [-0.4, -0.2) is 24.3 Å². The topological polar surface area (TPSA) is 72.5 Å². The Labute approximate surface area is 79.4 Å². The minimum atomic E-state index is -3.60. The van der Waals surface area contributed by atoms with E-state index < -0.39 is 19.7 Å². The quantitative estimate of drug-likeness (QED) is 0.415. The van der Waals surface area contributed by atoms with Gasteiger partial charge in [-0.2, -0.15) is 0 Å². The first-order valence-electron chi connectivity index (χ1n) is 2.25. The molecule has 0 saturated carbocycles. The largest absolute Gasteiger partial charge is 0.383 e. The highest BCUT2D eigenvalue weighted by Gasteiger charge is 2.26. The number of hydrogen-bond acceptors (Lipinski definition) is 2. The second-order valence-electron chi connectivity index (χ2n) is 1.71. The average molecular weight is 240 g/mol. The summed E-state index contributed by atoms with van der Waals surface area (Å²) in [4.78, 5) is 0. The van der Waals surface area contributed by atoms with Crippen LogP contribution in [0.3, 0.4) is 0 Å². The van der Waals surface area contributed by atoms with Gasteiger partial charge in [-0.25, -0.2) is 8.42 Å². The first kappa shape index (κ1) is 11.3. The molecule has 0 spiro atoms. The maximum absolute atomic E-state index is 10.4. The lowest BCUT2D eigenvalue weighted by molar-refractivity contribution is 0.603. The van der Waals surface area contributed by atoms with Gasteiger partial charge < -0.3 is 5.73 Å². The minimum absolute atomic E-state index is 0.565. The first-order valence-corrected chi connectivity index (χ1v) is 5.24. The smallest absolute Gasteiger partial charge is 0.251 e. The Morgan fingerprint density at radius 3 is 1.91 bits per heavy atom. The normalized spacial score (nSPS) is 15.1. The summed E-state index contributed by atoms with van der Waals surface area (Å²) in [6.45, 7) is 0. The fourth-order valence-corrected chi connectivity index (χ4v) is 1.00. The van der Waals surface area contributed by atoms with Gasteiger partial charge in [-0.3, -0.25) is 0 Å². The van der Waals surface area contributed by atoms with E-state index in [2.05, 4.69) is 4.40 Å². The Hall–Kier alpha value is 0.290. The molecule has 0 aromatic carbocycles. The monoisotopic (exact) mass is 238 g/mol. The summed E-state index contributed by atoms with van der Waals surface area (Å²) in [5.74, 6) is -0.565. The summed E-state index contributed by atoms with van der Waals surface area (Å²) < 4.78 is 21.9. The van der Waals surface area contributed by atoms with Gasteiger partial charge in [0.05, 0.1) is 6.26 Å². The number of amidine groups is 1. The van der Waals surface area contributed by atoms with Gasteiger partial charge in [-0.1, -0.05) is 34.8 Å². The molecule has 11 heavy (non-hydrogen) atoms. The van der Waals surface area contributed by atoms with Crippen molar-refractivity contribution in [2.24, 2.45) is 10.1 Å². The van der Waals surface area contributed by atoms with Gasteiger partial charge in [0.25, 0.3) is 10.0 Å². The molecule has 0 aliphatic heterocycles. The lowest BCUT2D eigenvalue weighted by atomic mass is 10.7. The van der Waals surface area contributed by atoms with Crippen molar-refractivity contribution in [2.45, 2.75) is 3.79 Å². The predicted molar refractivity (Wildman–Crippen MR) is 46.8 cm³/mol. The third kappa shape index (κ3) is 5.55. The highest BCUT2D eigenvalue weighted by Crippen LogP contribution is 2.26. The van der Waals surface area contributed by atoms with E-state index in [0.29, 0.717) is 0 Å². The fourth-order valence-electron chi connectivity index (χ4n) is 0.230. The van der Waals surface area contributed by atoms with E-state index in [1.54, 1.807) is 0 Å². The molecule has 0 radical (unpaired) electrons. The van der Waals surface area contributed by atoms with Crippen LogP contribution in [0.4, 0.5) is 0 Å². The molecule has 2 N–H and O–H groups in total. The molecule has 0 saturated heterocycles. The van der Waals surface area contributed by atoms with E-state index in [1.165, 1.54) is 0 Å². The molecule has 0 atom stereocenters. The van der Waals surface area contributed by atoms with E-state index in [9.17, 15) is 8.42 Å². The zero-order valence-electron chi connectivity index (χ0n) is 5.38. The third-order valence-electron chi connectivity index (χ3n) is 0.555. The number of sulfonamides is 1. The molecule has 0 amide bonds. The number of alkyl halides is 3. The maximum Gasteiger partial charge on any atom is 0.251 e. The molecule has 0 heterocycles. The second-order valence-corrected chi connectivity index (χ2v) is 5.64. The Balaban J connectivity index is 4.78. The minimum Gasteiger partial charge on any atom is -0.383 e. The molecule has 0 aliphatic carbocycles. The molecule has 8 heteroatoms. The van der Waals surface area contributed by atoms with Gasteiger partial charge >= 0.3 is 0 Å². The van der Waals surface area contributed by atoms with E-state index in [1.807, 2.05) is 0 Å². The van der Waals surface area contributed by atoms with Crippen molar-refractivity contribution in [3.63, 3.8) is 0 Å². The van der Waals surface area contributed by atoms with Crippen LogP contribution in [0.5, 0.6) is 0 Å². The molecule has 0 aromatic heterocycles. The Kier molecular flexibility index (Phi) is 3.43. The summed E-state index contributed by atoms with van der Waals surface area (Å²) in [5.41, 5.74) is 5.01. The highest BCUT2D eigenvalue weighted by atomic mass is 35.6. The first-order chi connectivity index (χ1) is 4.63. The average Bonchev–Trinajstić information content (AvgIpc) is 1.56. The zero-order valence-corrected chi connectivity index (χ0v) is 8.47. The Bertz CT molecular complexity index is 265. The molecular formula is C3H5Cl3N2O2S. The molecule has 0 aliphatic rings. The van der Waals surface area contributed by atoms with Crippen molar-refractivity contribution in [3.8, 4) is 0 Å². The van der Waals surface area contributed by atoms with Gasteiger partial charge in [0.1, 0.15) is 0 Å². The van der Waals surface area contributed by atoms with E-state index >= 15 is 0 Å². The Morgan fingerprint density at radius 2 is 1.82 bits per heavy atom. The second kappa shape index (κ2) is 3.35. The van der Waals surface area contributed by atoms with Crippen LogP contribution in [0, 0.1) is 0 Å². The summed E-state index contributed by atoms with van der Waals surface area (Å²) in [6, 6.07) is 0. The van der Waals surface area contributed by atoms with Crippen LogP contribution in [0.1, 0.15) is 0 Å². The summed E-state index contributed by atoms with van der Waals surface area (Å²) in [6.07, 6.45) is 0.844. The van der Waals surface area contributed by atoms with Crippen LogP contribution in [0.15, 0.2) is 4.40 Å². The third-order valence-corrected chi connectivity index (χ3v) is 1.66. The zero-order chi connectivity index (χ0) is 9.28.